The normalized spacial score (nSPS) is 12.1. The van der Waals surface area contributed by atoms with E-state index in [1.165, 1.54) is 12.0 Å². The Morgan fingerprint density at radius 2 is 2.18 bits per heavy atom. The van der Waals surface area contributed by atoms with Gasteiger partial charge in [-0.05, 0) is 26.0 Å². The van der Waals surface area contributed by atoms with E-state index in [1.54, 1.807) is 43.2 Å². The molecule has 0 aromatic carbocycles. The van der Waals surface area contributed by atoms with Crippen molar-refractivity contribution in [1.29, 1.82) is 0 Å². The number of hydrogen-bond donors (Lipinski definition) is 0. The van der Waals surface area contributed by atoms with E-state index < -0.39 is 17.8 Å². The van der Waals surface area contributed by atoms with Gasteiger partial charge < -0.3 is 9.74 Å². The van der Waals surface area contributed by atoms with Crippen molar-refractivity contribution in [1.82, 2.24) is 14.8 Å². The first-order chi connectivity index (χ1) is 13.3. The fourth-order valence-corrected chi connectivity index (χ4v) is 3.12. The van der Waals surface area contributed by atoms with Gasteiger partial charge >= 0.3 is 6.18 Å². The molecule has 0 aliphatic carbocycles. The molecule has 0 fully saturated rings. The number of carbonyl (C=O) groups is 1. The van der Waals surface area contributed by atoms with Gasteiger partial charge in [-0.2, -0.15) is 18.3 Å². The average Bonchev–Trinajstić information content (AvgIpc) is 3.03. The number of thioether (sulfide) groups is 1. The van der Waals surface area contributed by atoms with Crippen molar-refractivity contribution in [2.75, 3.05) is 30.1 Å². The minimum atomic E-state index is -4.32. The Labute approximate surface area is 164 Å². The van der Waals surface area contributed by atoms with Crippen LogP contribution >= 0.6 is 11.8 Å². The standard InChI is InChI=1S/C17H20F3N5O2S/c1-4-24(16(26)14(23-27-3)10-28-11-17(18,19)20)15-9-25(22-12(15)2)13-6-5-7-21-8-13/h5-9H,4,10-11H2,1-3H3/b23-14-. The zero-order valence-corrected chi connectivity index (χ0v) is 16.4. The number of anilines is 1. The molecule has 0 aliphatic heterocycles. The van der Waals surface area contributed by atoms with Gasteiger partial charge in [0.05, 0.1) is 35.2 Å². The molecule has 2 rings (SSSR count). The third kappa shape index (κ3) is 5.72. The van der Waals surface area contributed by atoms with E-state index >= 15 is 0 Å². The molecule has 152 valence electrons. The fraction of sp³-hybridized carbons (Fsp3) is 0.412. The van der Waals surface area contributed by atoms with Gasteiger partial charge in [0.2, 0.25) is 0 Å². The van der Waals surface area contributed by atoms with E-state index in [0.29, 0.717) is 28.8 Å². The number of alkyl halides is 3. The van der Waals surface area contributed by atoms with Crippen LogP contribution in [0.1, 0.15) is 12.6 Å². The molecule has 0 aliphatic rings. The maximum absolute atomic E-state index is 12.9. The van der Waals surface area contributed by atoms with E-state index in [2.05, 4.69) is 20.1 Å². The van der Waals surface area contributed by atoms with Crippen LogP contribution in [0.4, 0.5) is 18.9 Å². The molecule has 1 amide bonds. The Balaban J connectivity index is 2.24. The third-order valence-corrected chi connectivity index (χ3v) is 4.60. The number of halogens is 3. The Morgan fingerprint density at radius 3 is 2.75 bits per heavy atom. The lowest BCUT2D eigenvalue weighted by molar-refractivity contribution is -0.112. The van der Waals surface area contributed by atoms with Gasteiger partial charge in [0.15, 0.2) is 5.71 Å². The van der Waals surface area contributed by atoms with Gasteiger partial charge in [-0.1, -0.05) is 5.16 Å². The minimum Gasteiger partial charge on any atom is -0.399 e. The summed E-state index contributed by atoms with van der Waals surface area (Å²) in [4.78, 5) is 23.0. The Kier molecular flexibility index (Phi) is 7.44. The summed E-state index contributed by atoms with van der Waals surface area (Å²) in [6.45, 7) is 3.78. The second-order valence-electron chi connectivity index (χ2n) is 5.63. The second kappa shape index (κ2) is 9.58. The second-order valence-corrected chi connectivity index (χ2v) is 6.62. The Bertz CT molecular complexity index is 824. The molecule has 0 bridgehead atoms. The molecule has 0 radical (unpaired) electrons. The van der Waals surface area contributed by atoms with Crippen molar-refractivity contribution in [2.24, 2.45) is 5.16 Å². The number of hydrogen-bond acceptors (Lipinski definition) is 6. The number of rotatable bonds is 8. The lowest BCUT2D eigenvalue weighted by Gasteiger charge is -2.20. The van der Waals surface area contributed by atoms with Crippen LogP contribution in [0.5, 0.6) is 0 Å². The number of amides is 1. The van der Waals surface area contributed by atoms with Crippen molar-refractivity contribution < 1.29 is 22.8 Å². The summed E-state index contributed by atoms with van der Waals surface area (Å²) < 4.78 is 38.8. The van der Waals surface area contributed by atoms with Gasteiger partial charge in [0.25, 0.3) is 5.91 Å². The van der Waals surface area contributed by atoms with Crippen molar-refractivity contribution in [3.8, 4) is 5.69 Å². The SMILES string of the molecule is CCN(C(=O)/C(CSCC(F)(F)F)=N\OC)c1cn(-c2cccnc2)nc1C. The van der Waals surface area contributed by atoms with Crippen molar-refractivity contribution in [2.45, 2.75) is 20.0 Å². The first-order valence-corrected chi connectivity index (χ1v) is 9.45. The molecular weight excluding hydrogens is 395 g/mol. The van der Waals surface area contributed by atoms with Gasteiger partial charge in [-0.15, -0.1) is 11.8 Å². The maximum atomic E-state index is 12.9. The van der Waals surface area contributed by atoms with Crippen LogP contribution < -0.4 is 4.90 Å². The summed E-state index contributed by atoms with van der Waals surface area (Å²) in [5.41, 5.74) is 1.72. The van der Waals surface area contributed by atoms with Gasteiger partial charge in [0, 0.05) is 18.5 Å². The number of carbonyl (C=O) groups excluding carboxylic acids is 1. The molecule has 2 heterocycles. The van der Waals surface area contributed by atoms with E-state index in [-0.39, 0.29) is 18.0 Å². The van der Waals surface area contributed by atoms with E-state index in [9.17, 15) is 18.0 Å². The highest BCUT2D eigenvalue weighted by atomic mass is 32.2. The quantitative estimate of drug-likeness (QED) is 0.489. The summed E-state index contributed by atoms with van der Waals surface area (Å²) in [6.07, 6.45) is 0.605. The van der Waals surface area contributed by atoms with Gasteiger partial charge in [0.1, 0.15) is 7.11 Å². The molecule has 28 heavy (non-hydrogen) atoms. The van der Waals surface area contributed by atoms with Gasteiger partial charge in [-0.25, -0.2) is 4.68 Å². The van der Waals surface area contributed by atoms with Crippen molar-refractivity contribution in [3.63, 3.8) is 0 Å². The van der Waals surface area contributed by atoms with Crippen molar-refractivity contribution in [3.05, 3.63) is 36.4 Å². The summed E-state index contributed by atoms with van der Waals surface area (Å²) in [7, 11) is 1.24. The van der Waals surface area contributed by atoms with Crippen molar-refractivity contribution >= 4 is 29.1 Å². The summed E-state index contributed by atoms with van der Waals surface area (Å²) in [5.74, 6) is -1.83. The van der Waals surface area contributed by atoms with E-state index in [1.807, 2.05) is 6.07 Å². The van der Waals surface area contributed by atoms with Crippen LogP contribution in [0.3, 0.4) is 0 Å². The molecule has 7 nitrogen and oxygen atoms in total. The zero-order valence-electron chi connectivity index (χ0n) is 15.6. The number of nitrogens with zero attached hydrogens (tertiary/aromatic N) is 5. The van der Waals surface area contributed by atoms with Crippen LogP contribution in [-0.2, 0) is 9.63 Å². The topological polar surface area (TPSA) is 72.6 Å². The van der Waals surface area contributed by atoms with Crippen LogP contribution in [0.15, 0.2) is 35.9 Å². The first kappa shape index (κ1) is 21.7. The third-order valence-electron chi connectivity index (χ3n) is 3.59. The molecule has 0 N–H and O–H groups in total. The highest BCUT2D eigenvalue weighted by molar-refractivity contribution is 8.00. The summed E-state index contributed by atoms with van der Waals surface area (Å²) in [5, 5.41) is 8.02. The molecule has 0 saturated heterocycles. The smallest absolute Gasteiger partial charge is 0.397 e. The van der Waals surface area contributed by atoms with Crippen LogP contribution in [0.25, 0.3) is 5.69 Å². The van der Waals surface area contributed by atoms with Crippen LogP contribution in [0, 0.1) is 6.92 Å². The molecular formula is C17H20F3N5O2S. The number of aryl methyl sites for hydroxylation is 1. The molecule has 0 unspecified atom stereocenters. The summed E-state index contributed by atoms with van der Waals surface area (Å²) in [6, 6.07) is 3.57. The van der Waals surface area contributed by atoms with Gasteiger partial charge in [-0.3, -0.25) is 9.78 Å². The average molecular weight is 415 g/mol. The molecule has 2 aromatic rings. The summed E-state index contributed by atoms with van der Waals surface area (Å²) >= 11 is 0.554. The Morgan fingerprint density at radius 1 is 1.43 bits per heavy atom. The highest BCUT2D eigenvalue weighted by Gasteiger charge is 2.29. The maximum Gasteiger partial charge on any atom is 0.397 e. The molecule has 2 aromatic heterocycles. The van der Waals surface area contributed by atoms with Crippen LogP contribution in [0.2, 0.25) is 0 Å². The lowest BCUT2D eigenvalue weighted by atomic mass is 10.3. The fourth-order valence-electron chi connectivity index (χ4n) is 2.42. The molecule has 0 saturated carbocycles. The molecule has 0 atom stereocenters. The largest absolute Gasteiger partial charge is 0.399 e. The Hall–Kier alpha value is -2.56. The minimum absolute atomic E-state index is 0.105. The predicted octanol–water partition coefficient (Wildman–Crippen LogP) is 3.23. The highest BCUT2D eigenvalue weighted by Crippen LogP contribution is 2.24. The predicted molar refractivity (Wildman–Crippen MR) is 102 cm³/mol. The number of oxime groups is 1. The van der Waals surface area contributed by atoms with E-state index in [0.717, 1.165) is 0 Å². The molecule has 0 spiro atoms. The lowest BCUT2D eigenvalue weighted by Crippen LogP contribution is -2.38. The van der Waals surface area contributed by atoms with Crippen LogP contribution in [-0.4, -0.2) is 57.7 Å². The molecule has 11 heteroatoms. The number of pyridine rings is 1. The number of aromatic nitrogens is 3. The van der Waals surface area contributed by atoms with E-state index in [4.69, 9.17) is 0 Å². The monoisotopic (exact) mass is 415 g/mol. The first-order valence-electron chi connectivity index (χ1n) is 8.30. The zero-order chi connectivity index (χ0) is 20.7.